The topological polar surface area (TPSA) is 59.5 Å². The zero-order chi connectivity index (χ0) is 12.3. The molecular weight excluding hydrogens is 220 g/mol. The van der Waals surface area contributed by atoms with Crippen molar-refractivity contribution in [3.63, 3.8) is 0 Å². The Labute approximate surface area is 99.4 Å². The second-order valence-electron chi connectivity index (χ2n) is 4.06. The number of methoxy groups -OCH3 is 1. The number of esters is 1. The van der Waals surface area contributed by atoms with E-state index >= 15 is 0 Å². The molecule has 0 saturated carbocycles. The van der Waals surface area contributed by atoms with Gasteiger partial charge in [0.25, 0.3) is 0 Å². The van der Waals surface area contributed by atoms with Crippen molar-refractivity contribution in [2.45, 2.75) is 13.0 Å². The average Bonchev–Trinajstić information content (AvgIpc) is 2.71. The van der Waals surface area contributed by atoms with Crippen LogP contribution in [-0.4, -0.2) is 35.4 Å². The smallest absolute Gasteiger partial charge is 0.310 e. The summed E-state index contributed by atoms with van der Waals surface area (Å²) in [5.74, 6) is -0.652. The second-order valence-corrected chi connectivity index (χ2v) is 4.06. The minimum Gasteiger partial charge on any atom is -0.469 e. The monoisotopic (exact) mass is 234 g/mol. The van der Waals surface area contributed by atoms with Crippen molar-refractivity contribution < 1.29 is 14.3 Å². The summed E-state index contributed by atoms with van der Waals surface area (Å²) in [5, 5.41) is 0. The summed E-state index contributed by atoms with van der Waals surface area (Å²) in [5.41, 5.74) is 0.964. The van der Waals surface area contributed by atoms with Crippen LogP contribution in [0.25, 0.3) is 0 Å². The Morgan fingerprint density at radius 1 is 1.65 bits per heavy atom. The summed E-state index contributed by atoms with van der Waals surface area (Å²) < 4.78 is 4.65. The predicted molar refractivity (Wildman–Crippen MR) is 59.8 cm³/mol. The van der Waals surface area contributed by atoms with Crippen molar-refractivity contribution in [3.8, 4) is 0 Å². The van der Waals surface area contributed by atoms with Crippen LogP contribution < -0.4 is 0 Å². The lowest BCUT2D eigenvalue weighted by Gasteiger charge is -2.15. The molecule has 5 nitrogen and oxygen atoms in total. The second kappa shape index (κ2) is 4.95. The molecule has 1 saturated heterocycles. The molecule has 90 valence electrons. The first-order chi connectivity index (χ1) is 8.20. The molecule has 0 aromatic carbocycles. The van der Waals surface area contributed by atoms with Gasteiger partial charge in [-0.3, -0.25) is 14.6 Å². The summed E-state index contributed by atoms with van der Waals surface area (Å²) in [7, 11) is 1.34. The van der Waals surface area contributed by atoms with Gasteiger partial charge in [-0.25, -0.2) is 0 Å². The molecule has 0 bridgehead atoms. The van der Waals surface area contributed by atoms with Crippen LogP contribution in [0, 0.1) is 5.92 Å². The van der Waals surface area contributed by atoms with Crippen LogP contribution in [-0.2, 0) is 20.9 Å². The molecule has 5 heteroatoms. The van der Waals surface area contributed by atoms with E-state index in [0.29, 0.717) is 13.1 Å². The summed E-state index contributed by atoms with van der Waals surface area (Å²) >= 11 is 0. The standard InChI is InChI=1S/C12H14N2O3/c1-17-12(16)10-5-11(15)14(8-10)7-9-3-2-4-13-6-9/h2-4,6,10H,5,7-8H2,1H3/t10-/m0/s1. The fourth-order valence-electron chi connectivity index (χ4n) is 1.96. The Morgan fingerprint density at radius 3 is 3.12 bits per heavy atom. The molecule has 0 spiro atoms. The molecule has 2 rings (SSSR count). The number of hydrogen-bond acceptors (Lipinski definition) is 4. The largest absolute Gasteiger partial charge is 0.469 e. The third-order valence-electron chi connectivity index (χ3n) is 2.85. The van der Waals surface area contributed by atoms with Crippen LogP contribution in [0.3, 0.4) is 0 Å². The van der Waals surface area contributed by atoms with Gasteiger partial charge in [0.1, 0.15) is 0 Å². The minimum absolute atomic E-state index is 0.00995. The first-order valence-corrected chi connectivity index (χ1v) is 5.45. The molecule has 0 N–H and O–H groups in total. The van der Waals surface area contributed by atoms with Crippen LogP contribution in [0.5, 0.6) is 0 Å². The zero-order valence-corrected chi connectivity index (χ0v) is 9.63. The Kier molecular flexibility index (Phi) is 3.37. The molecule has 1 aromatic heterocycles. The molecule has 0 unspecified atom stereocenters. The number of carbonyl (C=O) groups excluding carboxylic acids is 2. The number of aromatic nitrogens is 1. The molecule has 1 aliphatic rings. The van der Waals surface area contributed by atoms with E-state index in [1.165, 1.54) is 7.11 Å². The lowest BCUT2D eigenvalue weighted by Crippen LogP contribution is -2.26. The van der Waals surface area contributed by atoms with E-state index < -0.39 is 0 Å². The van der Waals surface area contributed by atoms with Gasteiger partial charge in [0.2, 0.25) is 5.91 Å². The van der Waals surface area contributed by atoms with Gasteiger partial charge in [-0.05, 0) is 11.6 Å². The highest BCUT2D eigenvalue weighted by Gasteiger charge is 2.34. The normalized spacial score (nSPS) is 19.5. The van der Waals surface area contributed by atoms with Crippen LogP contribution in [0.15, 0.2) is 24.5 Å². The number of ether oxygens (including phenoxy) is 1. The summed E-state index contributed by atoms with van der Waals surface area (Å²) in [6.07, 6.45) is 3.65. The number of carbonyl (C=O) groups is 2. The highest BCUT2D eigenvalue weighted by molar-refractivity contribution is 5.86. The number of nitrogens with zero attached hydrogens (tertiary/aromatic N) is 2. The first kappa shape index (κ1) is 11.6. The summed E-state index contributed by atoms with van der Waals surface area (Å²) in [6, 6.07) is 3.74. The van der Waals surface area contributed by atoms with E-state index in [1.54, 1.807) is 17.3 Å². The van der Waals surface area contributed by atoms with Crippen molar-refractivity contribution in [2.24, 2.45) is 5.92 Å². The number of amides is 1. The van der Waals surface area contributed by atoms with Crippen molar-refractivity contribution in [2.75, 3.05) is 13.7 Å². The van der Waals surface area contributed by atoms with Crippen molar-refractivity contribution >= 4 is 11.9 Å². The van der Waals surface area contributed by atoms with Crippen molar-refractivity contribution in [3.05, 3.63) is 30.1 Å². The molecule has 1 fully saturated rings. The van der Waals surface area contributed by atoms with Crippen molar-refractivity contribution in [1.82, 2.24) is 9.88 Å². The van der Waals surface area contributed by atoms with E-state index in [-0.39, 0.29) is 24.2 Å². The van der Waals surface area contributed by atoms with E-state index in [0.717, 1.165) is 5.56 Å². The van der Waals surface area contributed by atoms with E-state index in [9.17, 15) is 9.59 Å². The average molecular weight is 234 g/mol. The number of likely N-dealkylation sites (tertiary alicyclic amines) is 1. The minimum atomic E-state index is -0.329. The Balaban J connectivity index is 1.99. The van der Waals surface area contributed by atoms with Crippen LogP contribution in [0.2, 0.25) is 0 Å². The summed E-state index contributed by atoms with van der Waals surface area (Å²) in [4.78, 5) is 28.7. The molecule has 0 radical (unpaired) electrons. The van der Waals surface area contributed by atoms with Gasteiger partial charge in [-0.1, -0.05) is 6.07 Å². The van der Waals surface area contributed by atoms with Gasteiger partial charge in [0.05, 0.1) is 13.0 Å². The maximum Gasteiger partial charge on any atom is 0.310 e. The Hall–Kier alpha value is -1.91. The molecule has 1 amide bonds. The molecule has 0 aliphatic carbocycles. The van der Waals surface area contributed by atoms with E-state index in [4.69, 9.17) is 0 Å². The van der Waals surface area contributed by atoms with E-state index in [1.807, 2.05) is 12.1 Å². The predicted octanol–water partition coefficient (Wildman–Crippen LogP) is 0.603. The molecule has 1 aliphatic heterocycles. The van der Waals surface area contributed by atoms with Gasteiger partial charge < -0.3 is 9.64 Å². The van der Waals surface area contributed by atoms with Crippen molar-refractivity contribution in [1.29, 1.82) is 0 Å². The quantitative estimate of drug-likeness (QED) is 0.719. The molecule has 1 aromatic rings. The van der Waals surface area contributed by atoms with Crippen LogP contribution in [0.4, 0.5) is 0 Å². The molecule has 1 atom stereocenters. The number of hydrogen-bond donors (Lipinski definition) is 0. The maximum absolute atomic E-state index is 11.7. The number of pyridine rings is 1. The SMILES string of the molecule is COC(=O)[C@H]1CC(=O)N(Cc2cccnc2)C1. The highest BCUT2D eigenvalue weighted by Crippen LogP contribution is 2.20. The molecular formula is C12H14N2O3. The summed E-state index contributed by atoms with van der Waals surface area (Å²) in [6.45, 7) is 0.931. The molecule has 2 heterocycles. The van der Waals surface area contributed by atoms with Gasteiger partial charge in [-0.15, -0.1) is 0 Å². The van der Waals surface area contributed by atoms with Crippen LogP contribution >= 0.6 is 0 Å². The lowest BCUT2D eigenvalue weighted by atomic mass is 10.1. The molecule has 17 heavy (non-hydrogen) atoms. The first-order valence-electron chi connectivity index (χ1n) is 5.45. The van der Waals surface area contributed by atoms with Gasteiger partial charge in [-0.2, -0.15) is 0 Å². The van der Waals surface area contributed by atoms with Gasteiger partial charge in [0, 0.05) is 31.9 Å². The third-order valence-corrected chi connectivity index (χ3v) is 2.85. The van der Waals surface area contributed by atoms with E-state index in [2.05, 4.69) is 9.72 Å². The Morgan fingerprint density at radius 2 is 2.47 bits per heavy atom. The zero-order valence-electron chi connectivity index (χ0n) is 9.63. The lowest BCUT2D eigenvalue weighted by molar-refractivity contribution is -0.145. The fraction of sp³-hybridized carbons (Fsp3) is 0.417. The number of rotatable bonds is 3. The maximum atomic E-state index is 11.7. The van der Waals surface area contributed by atoms with Gasteiger partial charge >= 0.3 is 5.97 Å². The van der Waals surface area contributed by atoms with Gasteiger partial charge in [0.15, 0.2) is 0 Å². The van der Waals surface area contributed by atoms with Crippen LogP contribution in [0.1, 0.15) is 12.0 Å². The Bertz CT molecular complexity index is 419. The highest BCUT2D eigenvalue weighted by atomic mass is 16.5. The fourth-order valence-corrected chi connectivity index (χ4v) is 1.96. The third kappa shape index (κ3) is 2.61.